The van der Waals surface area contributed by atoms with E-state index in [4.69, 9.17) is 10.00 Å². The zero-order valence-electron chi connectivity index (χ0n) is 15.3. The lowest BCUT2D eigenvalue weighted by atomic mass is 9.87. The minimum atomic E-state index is 0.196. The minimum Gasteiger partial charge on any atom is -0.489 e. The van der Waals surface area contributed by atoms with Crippen LogP contribution in [0.1, 0.15) is 41.3 Å². The van der Waals surface area contributed by atoms with Crippen molar-refractivity contribution in [2.75, 3.05) is 0 Å². The van der Waals surface area contributed by atoms with Crippen molar-refractivity contribution in [2.45, 2.75) is 39.2 Å². The van der Waals surface area contributed by atoms with E-state index in [-0.39, 0.29) is 5.43 Å². The molecule has 1 aliphatic rings. The van der Waals surface area contributed by atoms with Crippen LogP contribution >= 0.6 is 11.3 Å². The van der Waals surface area contributed by atoms with Crippen molar-refractivity contribution in [2.24, 2.45) is 5.92 Å². The second-order valence-corrected chi connectivity index (χ2v) is 8.25. The van der Waals surface area contributed by atoms with Crippen molar-refractivity contribution < 1.29 is 4.74 Å². The molecule has 1 unspecified atom stereocenters. The predicted molar refractivity (Wildman–Crippen MR) is 109 cm³/mol. The molecule has 0 radical (unpaired) electrons. The van der Waals surface area contributed by atoms with Gasteiger partial charge in [-0.2, -0.15) is 5.26 Å². The van der Waals surface area contributed by atoms with Crippen molar-refractivity contribution in [1.29, 1.82) is 5.26 Å². The number of rotatable bonds is 4. The normalized spacial score (nSPS) is 15.9. The van der Waals surface area contributed by atoms with Gasteiger partial charge in [0.05, 0.1) is 11.6 Å². The molecule has 0 saturated carbocycles. The molecule has 0 bridgehead atoms. The molecule has 1 atom stereocenters. The van der Waals surface area contributed by atoms with E-state index in [1.54, 1.807) is 17.4 Å². The summed E-state index contributed by atoms with van der Waals surface area (Å²) in [7, 11) is 0. The maximum absolute atomic E-state index is 12.9. The summed E-state index contributed by atoms with van der Waals surface area (Å²) in [5.41, 5.74) is 2.81. The van der Waals surface area contributed by atoms with Gasteiger partial charge < -0.3 is 4.74 Å². The topological polar surface area (TPSA) is 50.1 Å². The third kappa shape index (κ3) is 3.61. The molecule has 0 saturated heterocycles. The highest BCUT2D eigenvalue weighted by Crippen LogP contribution is 2.33. The van der Waals surface area contributed by atoms with E-state index in [0.717, 1.165) is 46.2 Å². The van der Waals surface area contributed by atoms with Crippen LogP contribution in [0, 0.1) is 17.2 Å². The Kier molecular flexibility index (Phi) is 4.96. The first-order valence-corrected chi connectivity index (χ1v) is 10.2. The van der Waals surface area contributed by atoms with Crippen LogP contribution in [0.4, 0.5) is 0 Å². The maximum Gasteiger partial charge on any atom is 0.191 e. The van der Waals surface area contributed by atoms with E-state index in [9.17, 15) is 4.79 Å². The van der Waals surface area contributed by atoms with Crippen LogP contribution in [0.3, 0.4) is 0 Å². The average Bonchev–Trinajstić information content (AvgIpc) is 2.72. The summed E-state index contributed by atoms with van der Waals surface area (Å²) in [6.07, 6.45) is 4.23. The first kappa shape index (κ1) is 17.8. The molecule has 0 aliphatic heterocycles. The van der Waals surface area contributed by atoms with Crippen LogP contribution in [-0.2, 0) is 19.4 Å². The van der Waals surface area contributed by atoms with Gasteiger partial charge >= 0.3 is 0 Å². The van der Waals surface area contributed by atoms with Crippen molar-refractivity contribution in [3.05, 3.63) is 74.3 Å². The standard InChI is InChI=1S/C23H21NO2S/c1-2-15-6-8-19-21(11-15)27-22-12-18(7-9-20(22)23(19)25)26-14-17-5-3-4-16(10-17)13-24/h3-5,7,9-10,12,15H,2,6,8,11,14H2,1H3. The molecule has 1 aliphatic carbocycles. The van der Waals surface area contributed by atoms with Crippen molar-refractivity contribution >= 4 is 21.4 Å². The highest BCUT2D eigenvalue weighted by Gasteiger charge is 2.21. The Morgan fingerprint density at radius 1 is 1.26 bits per heavy atom. The van der Waals surface area contributed by atoms with Gasteiger partial charge in [-0.15, -0.1) is 11.3 Å². The Balaban J connectivity index is 1.62. The zero-order valence-corrected chi connectivity index (χ0v) is 16.1. The first-order chi connectivity index (χ1) is 13.2. The molecule has 2 aromatic carbocycles. The van der Waals surface area contributed by atoms with Gasteiger partial charge in [0.15, 0.2) is 5.43 Å². The SMILES string of the molecule is CCC1CCc2c(sc3cc(OCc4cccc(C#N)c4)ccc3c2=O)C1. The van der Waals surface area contributed by atoms with Gasteiger partial charge in [0, 0.05) is 20.5 Å². The Hall–Kier alpha value is -2.64. The number of hydrogen-bond acceptors (Lipinski definition) is 4. The van der Waals surface area contributed by atoms with Gasteiger partial charge in [0.25, 0.3) is 0 Å². The number of hydrogen-bond donors (Lipinski definition) is 0. The van der Waals surface area contributed by atoms with E-state index >= 15 is 0 Å². The fourth-order valence-electron chi connectivity index (χ4n) is 3.72. The second-order valence-electron chi connectivity index (χ2n) is 7.11. The smallest absolute Gasteiger partial charge is 0.191 e. The van der Waals surface area contributed by atoms with Gasteiger partial charge in [-0.3, -0.25) is 4.79 Å². The van der Waals surface area contributed by atoms with E-state index in [0.29, 0.717) is 18.1 Å². The second kappa shape index (κ2) is 7.54. The molecular weight excluding hydrogens is 354 g/mol. The Bertz CT molecular complexity index is 1090. The number of benzene rings is 2. The molecule has 0 N–H and O–H groups in total. The minimum absolute atomic E-state index is 0.196. The lowest BCUT2D eigenvalue weighted by Gasteiger charge is -2.22. The van der Waals surface area contributed by atoms with Crippen molar-refractivity contribution in [1.82, 2.24) is 0 Å². The Morgan fingerprint density at radius 3 is 2.96 bits per heavy atom. The molecule has 1 aromatic heterocycles. The van der Waals surface area contributed by atoms with Crippen LogP contribution in [0.15, 0.2) is 47.3 Å². The average molecular weight is 375 g/mol. The summed E-state index contributed by atoms with van der Waals surface area (Å²) < 4.78 is 6.92. The highest BCUT2D eigenvalue weighted by molar-refractivity contribution is 7.18. The van der Waals surface area contributed by atoms with Crippen LogP contribution in [0.5, 0.6) is 5.75 Å². The molecule has 0 fully saturated rings. The number of ether oxygens (including phenoxy) is 1. The van der Waals surface area contributed by atoms with Crippen LogP contribution in [-0.4, -0.2) is 0 Å². The van der Waals surface area contributed by atoms with Crippen LogP contribution in [0.25, 0.3) is 10.1 Å². The number of fused-ring (bicyclic) bond motifs is 2. The fraction of sp³-hybridized carbons (Fsp3) is 0.304. The van der Waals surface area contributed by atoms with Gasteiger partial charge in [0.2, 0.25) is 0 Å². The summed E-state index contributed by atoms with van der Waals surface area (Å²) in [6.45, 7) is 2.63. The summed E-state index contributed by atoms with van der Waals surface area (Å²) >= 11 is 1.74. The van der Waals surface area contributed by atoms with E-state index in [1.165, 1.54) is 11.3 Å². The number of nitriles is 1. The Labute approximate surface area is 162 Å². The van der Waals surface area contributed by atoms with Crippen LogP contribution in [0.2, 0.25) is 0 Å². The number of nitrogens with zero attached hydrogens (tertiary/aromatic N) is 1. The van der Waals surface area contributed by atoms with Gasteiger partial charge in [-0.25, -0.2) is 0 Å². The predicted octanol–water partition coefficient (Wildman–Crippen LogP) is 5.23. The summed E-state index contributed by atoms with van der Waals surface area (Å²) in [5.74, 6) is 1.45. The Morgan fingerprint density at radius 2 is 2.15 bits per heavy atom. The van der Waals surface area contributed by atoms with Gasteiger partial charge in [-0.05, 0) is 61.1 Å². The van der Waals surface area contributed by atoms with E-state index in [2.05, 4.69) is 13.0 Å². The van der Waals surface area contributed by atoms with Crippen LogP contribution < -0.4 is 10.2 Å². The third-order valence-electron chi connectivity index (χ3n) is 5.36. The van der Waals surface area contributed by atoms with Gasteiger partial charge in [0.1, 0.15) is 12.4 Å². The molecule has 3 nitrogen and oxygen atoms in total. The third-order valence-corrected chi connectivity index (χ3v) is 6.57. The molecule has 0 spiro atoms. The largest absolute Gasteiger partial charge is 0.489 e. The quantitative estimate of drug-likeness (QED) is 0.627. The molecule has 136 valence electrons. The lowest BCUT2D eigenvalue weighted by Crippen LogP contribution is -2.20. The first-order valence-electron chi connectivity index (χ1n) is 9.38. The van der Waals surface area contributed by atoms with Crippen molar-refractivity contribution in [3.8, 4) is 11.8 Å². The summed E-state index contributed by atoms with van der Waals surface area (Å²) in [4.78, 5) is 14.1. The monoisotopic (exact) mass is 375 g/mol. The highest BCUT2D eigenvalue weighted by atomic mass is 32.1. The molecule has 4 rings (SSSR count). The maximum atomic E-state index is 12.9. The molecule has 4 heteroatoms. The lowest BCUT2D eigenvalue weighted by molar-refractivity contribution is 0.306. The van der Waals surface area contributed by atoms with Gasteiger partial charge in [-0.1, -0.05) is 25.5 Å². The summed E-state index contributed by atoms with van der Waals surface area (Å²) in [6, 6.07) is 15.3. The zero-order chi connectivity index (χ0) is 18.8. The molecule has 3 aromatic rings. The van der Waals surface area contributed by atoms with Crippen molar-refractivity contribution in [3.63, 3.8) is 0 Å². The van der Waals surface area contributed by atoms with E-state index in [1.807, 2.05) is 36.4 Å². The fourth-order valence-corrected chi connectivity index (χ4v) is 5.07. The molecule has 0 amide bonds. The summed E-state index contributed by atoms with van der Waals surface area (Å²) in [5, 5.41) is 9.80. The molecular formula is C23H21NO2S. The van der Waals surface area contributed by atoms with E-state index < -0.39 is 0 Å². The molecule has 1 heterocycles. The molecule has 27 heavy (non-hydrogen) atoms.